The third-order valence-electron chi connectivity index (χ3n) is 5.06. The standard InChI is InChI=1S/C19H23N5O3/c1-22(2)18(26)12-9-13-14(10-16(12)27-3)24-15(17(25)21-13)11-20-19(24)23-7-5-4-6-8-23/h9-11H,4-8H2,1-3H3,(H,21,25). The average molecular weight is 369 g/mol. The molecule has 27 heavy (non-hydrogen) atoms. The van der Waals surface area contributed by atoms with Gasteiger partial charge in [0.25, 0.3) is 11.5 Å². The molecule has 8 heteroatoms. The molecular weight excluding hydrogens is 346 g/mol. The zero-order valence-corrected chi connectivity index (χ0v) is 15.8. The number of amides is 1. The van der Waals surface area contributed by atoms with Crippen LogP contribution in [0, 0.1) is 0 Å². The summed E-state index contributed by atoms with van der Waals surface area (Å²) in [6.07, 6.45) is 5.04. The van der Waals surface area contributed by atoms with Crippen LogP contribution in [0.4, 0.5) is 5.95 Å². The van der Waals surface area contributed by atoms with Crippen molar-refractivity contribution in [3.05, 3.63) is 34.2 Å². The number of piperidine rings is 1. The molecule has 2 aromatic heterocycles. The molecule has 0 bridgehead atoms. The lowest BCUT2D eigenvalue weighted by molar-refractivity contribution is 0.0824. The van der Waals surface area contributed by atoms with Gasteiger partial charge < -0.3 is 19.5 Å². The van der Waals surface area contributed by atoms with Gasteiger partial charge >= 0.3 is 0 Å². The Morgan fingerprint density at radius 1 is 1.19 bits per heavy atom. The molecule has 1 aliphatic rings. The molecule has 4 rings (SSSR count). The Morgan fingerprint density at radius 2 is 1.93 bits per heavy atom. The van der Waals surface area contributed by atoms with E-state index in [2.05, 4.69) is 14.9 Å². The molecule has 1 fully saturated rings. The van der Waals surface area contributed by atoms with Gasteiger partial charge in [-0.3, -0.25) is 14.0 Å². The number of fused-ring (bicyclic) bond motifs is 3. The summed E-state index contributed by atoms with van der Waals surface area (Å²) in [6, 6.07) is 3.47. The highest BCUT2D eigenvalue weighted by atomic mass is 16.5. The minimum Gasteiger partial charge on any atom is -0.496 e. The van der Waals surface area contributed by atoms with Gasteiger partial charge in [-0.25, -0.2) is 4.98 Å². The number of hydrogen-bond donors (Lipinski definition) is 1. The van der Waals surface area contributed by atoms with Gasteiger partial charge in [0.15, 0.2) is 0 Å². The molecule has 3 aromatic rings. The SMILES string of the molecule is COc1cc2c(cc1C(=O)N(C)C)[nH]c(=O)c1cnc(N3CCCCC3)n12. The molecule has 1 aromatic carbocycles. The van der Waals surface area contributed by atoms with E-state index in [1.54, 1.807) is 32.4 Å². The van der Waals surface area contributed by atoms with E-state index in [-0.39, 0.29) is 11.5 Å². The van der Waals surface area contributed by atoms with Crippen LogP contribution in [0.3, 0.4) is 0 Å². The van der Waals surface area contributed by atoms with Gasteiger partial charge in [0.2, 0.25) is 5.95 Å². The first kappa shape index (κ1) is 17.4. The number of hydrogen-bond acceptors (Lipinski definition) is 5. The van der Waals surface area contributed by atoms with Crippen molar-refractivity contribution in [2.75, 3.05) is 39.2 Å². The molecule has 8 nitrogen and oxygen atoms in total. The second-order valence-corrected chi connectivity index (χ2v) is 7.05. The van der Waals surface area contributed by atoms with Crippen LogP contribution in [0.1, 0.15) is 29.6 Å². The van der Waals surface area contributed by atoms with Crippen LogP contribution in [0.25, 0.3) is 16.6 Å². The maximum atomic E-state index is 12.6. The molecule has 0 saturated carbocycles. The Labute approximate surface area is 156 Å². The molecule has 0 spiro atoms. The van der Waals surface area contributed by atoms with E-state index in [1.165, 1.54) is 18.4 Å². The Bertz CT molecular complexity index is 1080. The second kappa shape index (κ2) is 6.61. The first-order chi connectivity index (χ1) is 13.0. The molecule has 142 valence electrons. The molecule has 3 heterocycles. The quantitative estimate of drug-likeness (QED) is 0.762. The molecule has 1 N–H and O–H groups in total. The number of carbonyl (C=O) groups excluding carboxylic acids is 1. The topological polar surface area (TPSA) is 82.9 Å². The Balaban J connectivity index is 2.01. The van der Waals surface area contributed by atoms with E-state index in [1.807, 2.05) is 4.40 Å². The van der Waals surface area contributed by atoms with Crippen molar-refractivity contribution < 1.29 is 9.53 Å². The predicted molar refractivity (Wildman–Crippen MR) is 104 cm³/mol. The van der Waals surface area contributed by atoms with Crippen molar-refractivity contribution in [1.29, 1.82) is 0 Å². The number of anilines is 1. The number of benzene rings is 1. The summed E-state index contributed by atoms with van der Waals surface area (Å²) < 4.78 is 7.35. The third kappa shape index (κ3) is 2.81. The van der Waals surface area contributed by atoms with Crippen LogP contribution < -0.4 is 15.2 Å². The molecular formula is C19H23N5O3. The monoisotopic (exact) mass is 369 g/mol. The molecule has 1 saturated heterocycles. The number of rotatable bonds is 3. The number of ether oxygens (including phenoxy) is 1. The number of nitrogens with one attached hydrogen (secondary N) is 1. The number of imidazole rings is 1. The number of H-pyrrole nitrogens is 1. The first-order valence-electron chi connectivity index (χ1n) is 9.09. The van der Waals surface area contributed by atoms with E-state index in [0.717, 1.165) is 37.4 Å². The lowest BCUT2D eigenvalue weighted by Gasteiger charge is -2.27. The van der Waals surface area contributed by atoms with Gasteiger partial charge in [0.1, 0.15) is 11.3 Å². The Morgan fingerprint density at radius 3 is 2.59 bits per heavy atom. The van der Waals surface area contributed by atoms with Crippen LogP contribution in [0.15, 0.2) is 23.1 Å². The fourth-order valence-electron chi connectivity index (χ4n) is 3.67. The molecule has 0 radical (unpaired) electrons. The maximum Gasteiger partial charge on any atom is 0.274 e. The average Bonchev–Trinajstić information content (AvgIpc) is 3.13. The van der Waals surface area contributed by atoms with Crippen molar-refractivity contribution in [2.45, 2.75) is 19.3 Å². The molecule has 0 atom stereocenters. The zero-order chi connectivity index (χ0) is 19.1. The Hall–Kier alpha value is -3.03. The normalized spacial score (nSPS) is 14.7. The van der Waals surface area contributed by atoms with Crippen molar-refractivity contribution in [1.82, 2.24) is 19.3 Å². The minimum absolute atomic E-state index is 0.184. The van der Waals surface area contributed by atoms with Crippen molar-refractivity contribution in [3.63, 3.8) is 0 Å². The van der Waals surface area contributed by atoms with Crippen LogP contribution >= 0.6 is 0 Å². The van der Waals surface area contributed by atoms with Gasteiger partial charge in [-0.2, -0.15) is 0 Å². The second-order valence-electron chi connectivity index (χ2n) is 7.05. The van der Waals surface area contributed by atoms with E-state index in [4.69, 9.17) is 4.74 Å². The molecule has 0 unspecified atom stereocenters. The lowest BCUT2D eigenvalue weighted by Crippen LogP contribution is -2.31. The van der Waals surface area contributed by atoms with Crippen LogP contribution in [0.5, 0.6) is 5.75 Å². The summed E-state index contributed by atoms with van der Waals surface area (Å²) in [7, 11) is 4.90. The minimum atomic E-state index is -0.230. The molecule has 0 aliphatic carbocycles. The summed E-state index contributed by atoms with van der Waals surface area (Å²) in [6.45, 7) is 1.84. The van der Waals surface area contributed by atoms with E-state index in [9.17, 15) is 9.59 Å². The number of aromatic nitrogens is 3. The van der Waals surface area contributed by atoms with Crippen LogP contribution in [0.2, 0.25) is 0 Å². The highest BCUT2D eigenvalue weighted by Crippen LogP contribution is 2.28. The summed E-state index contributed by atoms with van der Waals surface area (Å²) in [5.74, 6) is 1.04. The third-order valence-corrected chi connectivity index (χ3v) is 5.06. The number of carbonyl (C=O) groups is 1. The predicted octanol–water partition coefficient (Wildman–Crippen LogP) is 1.88. The molecule has 1 aliphatic heterocycles. The lowest BCUT2D eigenvalue weighted by atomic mass is 10.1. The van der Waals surface area contributed by atoms with Crippen molar-refractivity contribution >= 4 is 28.4 Å². The zero-order valence-electron chi connectivity index (χ0n) is 15.8. The highest BCUT2D eigenvalue weighted by Gasteiger charge is 2.21. The summed E-state index contributed by atoms with van der Waals surface area (Å²) >= 11 is 0. The Kier molecular flexibility index (Phi) is 4.25. The summed E-state index contributed by atoms with van der Waals surface area (Å²) in [5.41, 5.74) is 2.00. The fraction of sp³-hybridized carbons (Fsp3) is 0.421. The smallest absolute Gasteiger partial charge is 0.274 e. The number of methoxy groups -OCH3 is 1. The van der Waals surface area contributed by atoms with Gasteiger partial charge in [-0.05, 0) is 25.3 Å². The first-order valence-corrected chi connectivity index (χ1v) is 9.09. The van der Waals surface area contributed by atoms with Crippen LogP contribution in [-0.2, 0) is 0 Å². The van der Waals surface area contributed by atoms with Gasteiger partial charge in [0.05, 0.1) is 29.9 Å². The van der Waals surface area contributed by atoms with Crippen molar-refractivity contribution in [3.8, 4) is 5.75 Å². The summed E-state index contributed by atoms with van der Waals surface area (Å²) in [5, 5.41) is 0. The van der Waals surface area contributed by atoms with Gasteiger partial charge in [-0.15, -0.1) is 0 Å². The maximum absolute atomic E-state index is 12.6. The number of nitrogens with zero attached hydrogens (tertiary/aromatic N) is 4. The van der Waals surface area contributed by atoms with E-state index < -0.39 is 0 Å². The largest absolute Gasteiger partial charge is 0.496 e. The van der Waals surface area contributed by atoms with Crippen LogP contribution in [-0.4, -0.2) is 59.5 Å². The fourth-order valence-corrected chi connectivity index (χ4v) is 3.67. The summed E-state index contributed by atoms with van der Waals surface area (Å²) in [4.78, 5) is 36.2. The number of aromatic amines is 1. The van der Waals surface area contributed by atoms with Gasteiger partial charge in [0, 0.05) is 33.3 Å². The molecule has 1 amide bonds. The van der Waals surface area contributed by atoms with Crippen molar-refractivity contribution in [2.24, 2.45) is 0 Å². The van der Waals surface area contributed by atoms with E-state index in [0.29, 0.717) is 22.3 Å². The highest BCUT2D eigenvalue weighted by molar-refractivity contribution is 6.00. The van der Waals surface area contributed by atoms with E-state index >= 15 is 0 Å². The van der Waals surface area contributed by atoms with Gasteiger partial charge in [-0.1, -0.05) is 0 Å².